The second kappa shape index (κ2) is 6.23. The fourth-order valence-corrected chi connectivity index (χ4v) is 2.34. The van der Waals surface area contributed by atoms with Gasteiger partial charge in [0.2, 0.25) is 0 Å². The maximum atomic E-state index is 12.2. The number of ether oxygens (including phenoxy) is 1. The molecule has 0 saturated heterocycles. The van der Waals surface area contributed by atoms with Crippen molar-refractivity contribution in [2.24, 2.45) is 0 Å². The van der Waals surface area contributed by atoms with Crippen LogP contribution in [-0.2, 0) is 0 Å². The van der Waals surface area contributed by atoms with Crippen LogP contribution < -0.4 is 15.6 Å². The molecule has 0 aliphatic heterocycles. The molecule has 0 bridgehead atoms. The number of nitrogens with one attached hydrogen (secondary N) is 3. The molecule has 3 N–H and O–H groups in total. The zero-order chi connectivity index (χ0) is 16.2. The van der Waals surface area contributed by atoms with Gasteiger partial charge in [0.15, 0.2) is 0 Å². The highest BCUT2D eigenvalue weighted by atomic mass is 16.5. The summed E-state index contributed by atoms with van der Waals surface area (Å²) in [6, 6.07) is 14.2. The molecule has 2 amide bonds. The molecule has 3 rings (SSSR count). The predicted octanol–water partition coefficient (Wildman–Crippen LogP) is 2.25. The van der Waals surface area contributed by atoms with Gasteiger partial charge in [-0.2, -0.15) is 0 Å². The number of H-pyrrole nitrogens is 1. The van der Waals surface area contributed by atoms with Crippen molar-refractivity contribution < 1.29 is 14.3 Å². The van der Waals surface area contributed by atoms with Gasteiger partial charge in [-0.1, -0.05) is 30.3 Å². The van der Waals surface area contributed by atoms with E-state index in [9.17, 15) is 9.59 Å². The first-order valence-electron chi connectivity index (χ1n) is 7.00. The Morgan fingerprint density at radius 1 is 0.913 bits per heavy atom. The van der Waals surface area contributed by atoms with Crippen LogP contribution in [0.15, 0.2) is 54.7 Å². The third kappa shape index (κ3) is 2.87. The van der Waals surface area contributed by atoms with Crippen LogP contribution in [0.4, 0.5) is 0 Å². The molecule has 0 spiro atoms. The van der Waals surface area contributed by atoms with E-state index in [1.165, 1.54) is 7.11 Å². The summed E-state index contributed by atoms with van der Waals surface area (Å²) in [6.45, 7) is 0. The Kier molecular flexibility index (Phi) is 3.97. The lowest BCUT2D eigenvalue weighted by Crippen LogP contribution is -2.41. The molecular weight excluding hydrogens is 294 g/mol. The first-order chi connectivity index (χ1) is 11.2. The van der Waals surface area contributed by atoms with E-state index in [0.717, 1.165) is 10.9 Å². The third-order valence-electron chi connectivity index (χ3n) is 3.48. The molecule has 0 fully saturated rings. The van der Waals surface area contributed by atoms with E-state index in [2.05, 4.69) is 15.8 Å². The van der Waals surface area contributed by atoms with Crippen LogP contribution in [0.5, 0.6) is 5.75 Å². The van der Waals surface area contributed by atoms with Gasteiger partial charge in [-0.15, -0.1) is 0 Å². The van der Waals surface area contributed by atoms with Crippen molar-refractivity contribution in [2.45, 2.75) is 0 Å². The quantitative estimate of drug-likeness (QED) is 0.649. The van der Waals surface area contributed by atoms with E-state index in [0.29, 0.717) is 16.9 Å². The highest BCUT2D eigenvalue weighted by Crippen LogP contribution is 2.18. The molecule has 2 aromatic carbocycles. The SMILES string of the molecule is COc1ccccc1C(=O)NNC(=O)c1c[nH]c2ccccc12. The number of para-hydroxylation sites is 2. The van der Waals surface area contributed by atoms with Crippen LogP contribution >= 0.6 is 0 Å². The number of methoxy groups -OCH3 is 1. The van der Waals surface area contributed by atoms with Gasteiger partial charge in [0.05, 0.1) is 18.2 Å². The largest absolute Gasteiger partial charge is 0.496 e. The van der Waals surface area contributed by atoms with Crippen molar-refractivity contribution in [3.63, 3.8) is 0 Å². The Balaban J connectivity index is 1.73. The van der Waals surface area contributed by atoms with E-state index < -0.39 is 11.8 Å². The molecule has 0 aliphatic carbocycles. The molecule has 23 heavy (non-hydrogen) atoms. The number of carbonyl (C=O) groups excluding carboxylic acids is 2. The summed E-state index contributed by atoms with van der Waals surface area (Å²) in [4.78, 5) is 27.4. The molecule has 0 saturated carbocycles. The van der Waals surface area contributed by atoms with Crippen LogP contribution in [0.3, 0.4) is 0 Å². The number of fused-ring (bicyclic) bond motifs is 1. The lowest BCUT2D eigenvalue weighted by molar-refractivity contribution is 0.0846. The zero-order valence-electron chi connectivity index (χ0n) is 12.4. The smallest absolute Gasteiger partial charge is 0.273 e. The average Bonchev–Trinajstić information content (AvgIpc) is 3.03. The van der Waals surface area contributed by atoms with E-state index in [1.54, 1.807) is 30.5 Å². The number of hydrogen-bond donors (Lipinski definition) is 3. The zero-order valence-corrected chi connectivity index (χ0v) is 12.4. The number of aromatic amines is 1. The summed E-state index contributed by atoms with van der Waals surface area (Å²) in [7, 11) is 1.48. The van der Waals surface area contributed by atoms with E-state index in [4.69, 9.17) is 4.74 Å². The maximum absolute atomic E-state index is 12.2. The molecule has 0 unspecified atom stereocenters. The average molecular weight is 309 g/mol. The lowest BCUT2D eigenvalue weighted by atomic mass is 10.1. The van der Waals surface area contributed by atoms with Gasteiger partial charge in [-0.25, -0.2) is 0 Å². The maximum Gasteiger partial charge on any atom is 0.273 e. The molecule has 0 aliphatic rings. The molecule has 116 valence electrons. The molecule has 6 nitrogen and oxygen atoms in total. The second-order valence-corrected chi connectivity index (χ2v) is 4.86. The van der Waals surface area contributed by atoms with Crippen molar-refractivity contribution in [2.75, 3.05) is 7.11 Å². The summed E-state index contributed by atoms with van der Waals surface area (Å²) < 4.78 is 5.12. The number of hydrogen-bond acceptors (Lipinski definition) is 3. The molecule has 0 atom stereocenters. The summed E-state index contributed by atoms with van der Waals surface area (Å²) in [6.07, 6.45) is 1.61. The highest BCUT2D eigenvalue weighted by molar-refractivity contribution is 6.07. The Morgan fingerprint density at radius 2 is 1.57 bits per heavy atom. The van der Waals surface area contributed by atoms with Crippen molar-refractivity contribution in [1.29, 1.82) is 0 Å². The fourth-order valence-electron chi connectivity index (χ4n) is 2.34. The van der Waals surface area contributed by atoms with Crippen molar-refractivity contribution in [1.82, 2.24) is 15.8 Å². The molecular formula is C17H15N3O3. The van der Waals surface area contributed by atoms with Gasteiger partial charge in [0.1, 0.15) is 5.75 Å². The molecule has 3 aromatic rings. The van der Waals surface area contributed by atoms with Gasteiger partial charge in [0, 0.05) is 17.1 Å². The van der Waals surface area contributed by atoms with E-state index in [1.807, 2.05) is 24.3 Å². The number of amides is 2. The third-order valence-corrected chi connectivity index (χ3v) is 3.48. The minimum absolute atomic E-state index is 0.342. The summed E-state index contributed by atoms with van der Waals surface area (Å²) in [5.41, 5.74) is 6.46. The van der Waals surface area contributed by atoms with Gasteiger partial charge < -0.3 is 9.72 Å². The first-order valence-corrected chi connectivity index (χ1v) is 7.00. The highest BCUT2D eigenvalue weighted by Gasteiger charge is 2.15. The standard InChI is InChI=1S/C17H15N3O3/c1-23-15-9-5-3-7-12(15)16(21)19-20-17(22)13-10-18-14-8-4-2-6-11(13)14/h2-10,18H,1H3,(H,19,21)(H,20,22). The Labute approximate surface area is 132 Å². The first kappa shape index (κ1) is 14.6. The van der Waals surface area contributed by atoms with Gasteiger partial charge in [-0.3, -0.25) is 20.4 Å². The van der Waals surface area contributed by atoms with Gasteiger partial charge >= 0.3 is 0 Å². The minimum atomic E-state index is -0.448. The van der Waals surface area contributed by atoms with Crippen LogP contribution in [0.2, 0.25) is 0 Å². The topological polar surface area (TPSA) is 83.2 Å². The van der Waals surface area contributed by atoms with E-state index >= 15 is 0 Å². The predicted molar refractivity (Wildman–Crippen MR) is 86.2 cm³/mol. The van der Waals surface area contributed by atoms with Gasteiger partial charge in [-0.05, 0) is 18.2 Å². The van der Waals surface area contributed by atoms with Crippen molar-refractivity contribution in [3.8, 4) is 5.75 Å². The summed E-state index contributed by atoms with van der Waals surface area (Å²) >= 11 is 0. The number of rotatable bonds is 3. The van der Waals surface area contributed by atoms with Crippen molar-refractivity contribution in [3.05, 3.63) is 65.9 Å². The number of aromatic nitrogens is 1. The Hall–Kier alpha value is -3.28. The van der Waals surface area contributed by atoms with E-state index in [-0.39, 0.29) is 0 Å². The lowest BCUT2D eigenvalue weighted by Gasteiger charge is -2.09. The fraction of sp³-hybridized carbons (Fsp3) is 0.0588. The van der Waals surface area contributed by atoms with Crippen molar-refractivity contribution >= 4 is 22.7 Å². The molecule has 1 aromatic heterocycles. The number of benzene rings is 2. The Bertz CT molecular complexity index is 870. The monoisotopic (exact) mass is 309 g/mol. The minimum Gasteiger partial charge on any atom is -0.496 e. The molecule has 0 radical (unpaired) electrons. The summed E-state index contributed by atoms with van der Waals surface area (Å²) in [5.74, 6) is -0.410. The number of hydrazine groups is 1. The van der Waals surface area contributed by atoms with Gasteiger partial charge in [0.25, 0.3) is 11.8 Å². The van der Waals surface area contributed by atoms with Crippen LogP contribution in [0.1, 0.15) is 20.7 Å². The molecule has 6 heteroatoms. The van der Waals surface area contributed by atoms with Crippen LogP contribution in [-0.4, -0.2) is 23.9 Å². The van der Waals surface area contributed by atoms with Crippen LogP contribution in [0, 0.1) is 0 Å². The Morgan fingerprint density at radius 3 is 2.35 bits per heavy atom. The number of carbonyl (C=O) groups is 2. The van der Waals surface area contributed by atoms with Crippen LogP contribution in [0.25, 0.3) is 10.9 Å². The molecule has 1 heterocycles. The normalized spacial score (nSPS) is 10.3. The summed E-state index contributed by atoms with van der Waals surface area (Å²) in [5, 5.41) is 0.788. The second-order valence-electron chi connectivity index (χ2n) is 4.86.